The smallest absolute Gasteiger partial charge is 0.316 e. The Morgan fingerprint density at radius 1 is 1.18 bits per heavy atom. The van der Waals surface area contributed by atoms with Gasteiger partial charge in [-0.3, -0.25) is 14.3 Å². The second kappa shape index (κ2) is 9.36. The van der Waals surface area contributed by atoms with E-state index in [2.05, 4.69) is 15.2 Å². The van der Waals surface area contributed by atoms with E-state index in [1.165, 1.54) is 11.8 Å². The summed E-state index contributed by atoms with van der Waals surface area (Å²) in [4.78, 5) is 16.1. The number of hydrogen-bond donors (Lipinski definition) is 0. The third-order valence-electron chi connectivity index (χ3n) is 3.65. The van der Waals surface area contributed by atoms with Crippen LogP contribution in [-0.4, -0.2) is 44.2 Å². The summed E-state index contributed by atoms with van der Waals surface area (Å²) in [5.74, 6) is 1.30. The van der Waals surface area contributed by atoms with E-state index >= 15 is 0 Å². The molecule has 0 unspecified atom stereocenters. The average molecular weight is 398 g/mol. The van der Waals surface area contributed by atoms with Crippen LogP contribution in [0.3, 0.4) is 0 Å². The molecule has 0 atom stereocenters. The van der Waals surface area contributed by atoms with Crippen molar-refractivity contribution in [3.8, 4) is 22.8 Å². The minimum absolute atomic E-state index is 0.150. The molecule has 7 nitrogen and oxygen atoms in total. The van der Waals surface area contributed by atoms with E-state index in [-0.39, 0.29) is 17.8 Å². The molecular weight excluding hydrogens is 376 g/mol. The molecule has 0 bridgehead atoms. The maximum atomic E-state index is 11.9. The van der Waals surface area contributed by atoms with Gasteiger partial charge in [0.05, 0.1) is 18.5 Å². The van der Waals surface area contributed by atoms with Gasteiger partial charge in [0.1, 0.15) is 5.75 Å². The molecule has 3 rings (SSSR count). The first-order chi connectivity index (χ1) is 13.6. The molecule has 8 heteroatoms. The number of carbonyl (C=O) groups excluding carboxylic acids is 1. The van der Waals surface area contributed by atoms with Gasteiger partial charge in [-0.05, 0) is 57.2 Å². The van der Waals surface area contributed by atoms with Gasteiger partial charge in [-0.15, -0.1) is 10.2 Å². The molecule has 2 aromatic heterocycles. The number of benzene rings is 1. The zero-order valence-corrected chi connectivity index (χ0v) is 16.8. The number of aromatic nitrogens is 4. The van der Waals surface area contributed by atoms with Gasteiger partial charge in [-0.2, -0.15) is 0 Å². The summed E-state index contributed by atoms with van der Waals surface area (Å²) in [5.41, 5.74) is 1.70. The molecule has 0 aliphatic rings. The van der Waals surface area contributed by atoms with Crippen LogP contribution in [0.15, 0.2) is 53.9 Å². The molecule has 0 aliphatic carbocycles. The molecule has 28 heavy (non-hydrogen) atoms. The molecule has 0 amide bonds. The normalized spacial score (nSPS) is 10.9. The predicted molar refractivity (Wildman–Crippen MR) is 108 cm³/mol. The van der Waals surface area contributed by atoms with Crippen LogP contribution >= 0.6 is 11.8 Å². The lowest BCUT2D eigenvalue weighted by Crippen LogP contribution is -2.13. The lowest BCUT2D eigenvalue weighted by molar-refractivity contribution is -0.144. The summed E-state index contributed by atoms with van der Waals surface area (Å²) in [6.07, 6.45) is 3.29. The Labute approximate surface area is 168 Å². The lowest BCUT2D eigenvalue weighted by atomic mass is 10.2. The molecule has 0 saturated heterocycles. The van der Waals surface area contributed by atoms with Crippen molar-refractivity contribution in [2.24, 2.45) is 0 Å². The third kappa shape index (κ3) is 4.89. The van der Waals surface area contributed by atoms with Gasteiger partial charge in [0.15, 0.2) is 11.0 Å². The summed E-state index contributed by atoms with van der Waals surface area (Å²) in [6, 6.07) is 11.4. The highest BCUT2D eigenvalue weighted by Crippen LogP contribution is 2.28. The van der Waals surface area contributed by atoms with Crippen LogP contribution in [0.1, 0.15) is 20.8 Å². The average Bonchev–Trinajstić information content (AvgIpc) is 3.11. The summed E-state index contributed by atoms with van der Waals surface area (Å²) >= 11 is 1.29. The highest BCUT2D eigenvalue weighted by molar-refractivity contribution is 7.99. The second-order valence-corrected chi connectivity index (χ2v) is 7.08. The minimum Gasteiger partial charge on any atom is -0.494 e. The molecule has 1 aromatic carbocycles. The molecule has 0 saturated carbocycles. The van der Waals surface area contributed by atoms with Crippen LogP contribution in [0.4, 0.5) is 0 Å². The fourth-order valence-corrected chi connectivity index (χ4v) is 3.29. The number of esters is 1. The maximum absolute atomic E-state index is 11.9. The second-order valence-electron chi connectivity index (χ2n) is 6.14. The number of hydrogen-bond acceptors (Lipinski definition) is 7. The Morgan fingerprint density at radius 2 is 1.96 bits per heavy atom. The van der Waals surface area contributed by atoms with E-state index in [4.69, 9.17) is 9.47 Å². The van der Waals surface area contributed by atoms with Crippen LogP contribution in [0.2, 0.25) is 0 Å². The zero-order valence-electron chi connectivity index (χ0n) is 16.0. The van der Waals surface area contributed by atoms with E-state index < -0.39 is 0 Å². The number of carbonyl (C=O) groups is 1. The SMILES string of the molecule is CCOc1ccc(-n2c(SCC(=O)OC(C)C)nnc2-c2cccnc2)cc1. The van der Waals surface area contributed by atoms with E-state index in [0.29, 0.717) is 17.6 Å². The molecule has 0 radical (unpaired) electrons. The van der Waals surface area contributed by atoms with Crippen molar-refractivity contribution in [2.45, 2.75) is 32.0 Å². The van der Waals surface area contributed by atoms with Crippen molar-refractivity contribution < 1.29 is 14.3 Å². The van der Waals surface area contributed by atoms with Crippen molar-refractivity contribution in [3.05, 3.63) is 48.8 Å². The van der Waals surface area contributed by atoms with Gasteiger partial charge in [-0.25, -0.2) is 0 Å². The lowest BCUT2D eigenvalue weighted by Gasteiger charge is -2.12. The number of nitrogens with zero attached hydrogens (tertiary/aromatic N) is 4. The fraction of sp³-hybridized carbons (Fsp3) is 0.300. The van der Waals surface area contributed by atoms with Crippen LogP contribution in [-0.2, 0) is 9.53 Å². The molecule has 3 aromatic rings. The van der Waals surface area contributed by atoms with E-state index in [1.807, 2.05) is 61.7 Å². The van der Waals surface area contributed by atoms with Gasteiger partial charge in [0.2, 0.25) is 0 Å². The predicted octanol–water partition coefficient (Wildman–Crippen LogP) is 3.77. The Hall–Kier alpha value is -2.87. The first kappa shape index (κ1) is 19.9. The summed E-state index contributed by atoms with van der Waals surface area (Å²) < 4.78 is 12.6. The maximum Gasteiger partial charge on any atom is 0.316 e. The number of ether oxygens (including phenoxy) is 2. The summed E-state index contributed by atoms with van der Waals surface area (Å²) in [7, 11) is 0. The first-order valence-electron chi connectivity index (χ1n) is 8.99. The van der Waals surface area contributed by atoms with Crippen LogP contribution < -0.4 is 4.74 Å². The fourth-order valence-electron chi connectivity index (χ4n) is 2.56. The third-order valence-corrected chi connectivity index (χ3v) is 4.55. The Bertz CT molecular complexity index is 911. The molecule has 0 N–H and O–H groups in total. The van der Waals surface area contributed by atoms with Crippen LogP contribution in [0.25, 0.3) is 17.1 Å². The van der Waals surface area contributed by atoms with E-state index in [0.717, 1.165) is 17.0 Å². The van der Waals surface area contributed by atoms with E-state index in [1.54, 1.807) is 12.4 Å². The highest BCUT2D eigenvalue weighted by Gasteiger charge is 2.18. The van der Waals surface area contributed by atoms with Crippen LogP contribution in [0.5, 0.6) is 5.75 Å². The van der Waals surface area contributed by atoms with Crippen molar-refractivity contribution in [3.63, 3.8) is 0 Å². The molecule has 0 fully saturated rings. The minimum atomic E-state index is -0.288. The highest BCUT2D eigenvalue weighted by atomic mass is 32.2. The molecule has 2 heterocycles. The topological polar surface area (TPSA) is 79.1 Å². The molecule has 0 spiro atoms. The zero-order chi connectivity index (χ0) is 19.9. The number of rotatable bonds is 8. The van der Waals surface area contributed by atoms with Crippen molar-refractivity contribution in [1.29, 1.82) is 0 Å². The first-order valence-corrected chi connectivity index (χ1v) is 9.98. The molecular formula is C20H22N4O3S. The van der Waals surface area contributed by atoms with Gasteiger partial charge >= 0.3 is 5.97 Å². The van der Waals surface area contributed by atoms with Crippen molar-refractivity contribution >= 4 is 17.7 Å². The van der Waals surface area contributed by atoms with Crippen LogP contribution in [0, 0.1) is 0 Å². The quantitative estimate of drug-likeness (QED) is 0.422. The number of pyridine rings is 1. The largest absolute Gasteiger partial charge is 0.494 e. The van der Waals surface area contributed by atoms with Gasteiger partial charge in [0, 0.05) is 23.6 Å². The van der Waals surface area contributed by atoms with Crippen molar-refractivity contribution in [2.75, 3.05) is 12.4 Å². The summed E-state index contributed by atoms with van der Waals surface area (Å²) in [6.45, 7) is 6.20. The monoisotopic (exact) mass is 398 g/mol. The van der Waals surface area contributed by atoms with Crippen molar-refractivity contribution in [1.82, 2.24) is 19.7 Å². The molecule has 0 aliphatic heterocycles. The Kier molecular flexibility index (Phi) is 6.65. The Morgan fingerprint density at radius 3 is 2.61 bits per heavy atom. The standard InChI is InChI=1S/C20H22N4O3S/c1-4-26-17-9-7-16(8-10-17)24-19(15-6-5-11-21-12-15)22-23-20(24)28-13-18(25)27-14(2)3/h5-12,14H,4,13H2,1-3H3. The van der Waals surface area contributed by atoms with Gasteiger partial charge in [-0.1, -0.05) is 11.8 Å². The van der Waals surface area contributed by atoms with Gasteiger partial charge in [0.25, 0.3) is 0 Å². The number of thioether (sulfide) groups is 1. The van der Waals surface area contributed by atoms with Gasteiger partial charge < -0.3 is 9.47 Å². The van der Waals surface area contributed by atoms with E-state index in [9.17, 15) is 4.79 Å². The summed E-state index contributed by atoms with van der Waals surface area (Å²) in [5, 5.41) is 9.22. The Balaban J connectivity index is 1.94. The molecule has 146 valence electrons.